The van der Waals surface area contributed by atoms with Gasteiger partial charge in [0.15, 0.2) is 5.78 Å². The maximum Gasteiger partial charge on any atom is 0.272 e. The van der Waals surface area contributed by atoms with Crippen molar-refractivity contribution in [1.82, 2.24) is 15.5 Å². The van der Waals surface area contributed by atoms with Crippen molar-refractivity contribution in [2.75, 3.05) is 0 Å². The van der Waals surface area contributed by atoms with Crippen LogP contribution in [0.3, 0.4) is 0 Å². The molecule has 0 radical (unpaired) electrons. The summed E-state index contributed by atoms with van der Waals surface area (Å²) in [5, 5.41) is 9.38. The molecule has 1 amide bonds. The van der Waals surface area contributed by atoms with Crippen molar-refractivity contribution in [2.45, 2.75) is 20.1 Å². The number of hydrogen-bond acceptors (Lipinski definition) is 4. The Balaban J connectivity index is 1.55. The van der Waals surface area contributed by atoms with Gasteiger partial charge in [-0.2, -0.15) is 5.10 Å². The first-order valence-corrected chi connectivity index (χ1v) is 8.32. The average molecular weight is 367 g/mol. The molecule has 0 atom stereocenters. The van der Waals surface area contributed by atoms with Gasteiger partial charge in [0.1, 0.15) is 23.9 Å². The van der Waals surface area contributed by atoms with Crippen LogP contribution in [0.4, 0.5) is 4.39 Å². The highest BCUT2D eigenvalue weighted by Gasteiger charge is 2.11. The van der Waals surface area contributed by atoms with Crippen LogP contribution in [0.5, 0.6) is 5.75 Å². The highest BCUT2D eigenvalue weighted by Crippen LogP contribution is 2.15. The molecule has 2 aromatic carbocycles. The van der Waals surface area contributed by atoms with E-state index in [1.165, 1.54) is 19.1 Å². The number of benzene rings is 2. The SMILES string of the molecule is CC(=O)c1cccc(OCc2cc(C(=O)NCc3cccc(F)c3)n[nH]2)c1. The molecule has 3 aromatic rings. The number of carbonyl (C=O) groups excluding carboxylic acids is 2. The fraction of sp³-hybridized carbons (Fsp3) is 0.150. The van der Waals surface area contributed by atoms with Gasteiger partial charge in [0, 0.05) is 12.1 Å². The molecule has 0 saturated heterocycles. The molecule has 1 aromatic heterocycles. The number of H-pyrrole nitrogens is 1. The third-order valence-electron chi connectivity index (χ3n) is 3.84. The first-order chi connectivity index (χ1) is 13.0. The van der Waals surface area contributed by atoms with E-state index in [0.29, 0.717) is 22.6 Å². The minimum Gasteiger partial charge on any atom is -0.487 e. The highest BCUT2D eigenvalue weighted by molar-refractivity contribution is 5.94. The number of Topliss-reactive ketones (excluding diaryl/α,β-unsaturated/α-hetero) is 1. The van der Waals surface area contributed by atoms with Crippen LogP contribution in [0.25, 0.3) is 0 Å². The van der Waals surface area contributed by atoms with Gasteiger partial charge in [-0.3, -0.25) is 14.7 Å². The first-order valence-electron chi connectivity index (χ1n) is 8.32. The summed E-state index contributed by atoms with van der Waals surface area (Å²) in [6, 6.07) is 14.5. The first kappa shape index (κ1) is 18.3. The number of ether oxygens (including phenoxy) is 1. The predicted octanol–water partition coefficient (Wildman–Crippen LogP) is 3.26. The Morgan fingerprint density at radius 2 is 1.96 bits per heavy atom. The maximum atomic E-state index is 13.1. The number of amides is 1. The molecule has 6 nitrogen and oxygen atoms in total. The smallest absolute Gasteiger partial charge is 0.272 e. The molecule has 0 bridgehead atoms. The Kier molecular flexibility index (Phi) is 5.61. The second-order valence-electron chi connectivity index (χ2n) is 5.96. The van der Waals surface area contributed by atoms with Crippen molar-refractivity contribution in [2.24, 2.45) is 0 Å². The lowest BCUT2D eigenvalue weighted by Crippen LogP contribution is -2.23. The summed E-state index contributed by atoms with van der Waals surface area (Å²) in [7, 11) is 0. The van der Waals surface area contributed by atoms with Crippen LogP contribution in [0.15, 0.2) is 54.6 Å². The molecule has 0 saturated carbocycles. The molecule has 0 aliphatic heterocycles. The average Bonchev–Trinajstić information content (AvgIpc) is 3.14. The number of carbonyl (C=O) groups is 2. The number of aromatic amines is 1. The summed E-state index contributed by atoms with van der Waals surface area (Å²) in [6.07, 6.45) is 0. The van der Waals surface area contributed by atoms with E-state index in [4.69, 9.17) is 4.74 Å². The van der Waals surface area contributed by atoms with Crippen LogP contribution in [0.2, 0.25) is 0 Å². The Labute approximate surface area is 155 Å². The summed E-state index contributed by atoms with van der Waals surface area (Å²) in [5.41, 5.74) is 2.05. The van der Waals surface area contributed by atoms with Crippen LogP contribution < -0.4 is 10.1 Å². The molecule has 0 aliphatic carbocycles. The van der Waals surface area contributed by atoms with Crippen molar-refractivity contribution in [3.63, 3.8) is 0 Å². The Morgan fingerprint density at radius 1 is 1.15 bits per heavy atom. The zero-order valence-electron chi connectivity index (χ0n) is 14.7. The van der Waals surface area contributed by atoms with E-state index >= 15 is 0 Å². The lowest BCUT2D eigenvalue weighted by Gasteiger charge is -2.05. The van der Waals surface area contributed by atoms with Crippen LogP contribution in [0, 0.1) is 5.82 Å². The minimum absolute atomic E-state index is 0.0424. The molecule has 0 spiro atoms. The Hall–Kier alpha value is -3.48. The fourth-order valence-electron chi connectivity index (χ4n) is 2.44. The molecule has 7 heteroatoms. The summed E-state index contributed by atoms with van der Waals surface area (Å²) in [4.78, 5) is 23.5. The van der Waals surface area contributed by atoms with Gasteiger partial charge in [0.2, 0.25) is 0 Å². The molecule has 2 N–H and O–H groups in total. The monoisotopic (exact) mass is 367 g/mol. The number of aromatic nitrogens is 2. The van der Waals surface area contributed by atoms with Crippen molar-refractivity contribution < 1.29 is 18.7 Å². The second kappa shape index (κ2) is 8.27. The van der Waals surface area contributed by atoms with E-state index in [1.807, 2.05) is 0 Å². The summed E-state index contributed by atoms with van der Waals surface area (Å²) in [5.74, 6) is -0.219. The van der Waals surface area contributed by atoms with Gasteiger partial charge >= 0.3 is 0 Å². The fourth-order valence-corrected chi connectivity index (χ4v) is 2.44. The van der Waals surface area contributed by atoms with Gasteiger partial charge in [0.25, 0.3) is 5.91 Å². The Bertz CT molecular complexity index is 968. The molecule has 3 rings (SSSR count). The molecule has 0 unspecified atom stereocenters. The van der Waals surface area contributed by atoms with Gasteiger partial charge in [-0.1, -0.05) is 24.3 Å². The molecule has 1 heterocycles. The summed E-state index contributed by atoms with van der Waals surface area (Å²) >= 11 is 0. The summed E-state index contributed by atoms with van der Waals surface area (Å²) < 4.78 is 18.8. The Morgan fingerprint density at radius 3 is 2.74 bits per heavy atom. The van der Waals surface area contributed by atoms with E-state index in [0.717, 1.165) is 0 Å². The van der Waals surface area contributed by atoms with E-state index in [9.17, 15) is 14.0 Å². The number of nitrogens with one attached hydrogen (secondary N) is 2. The quantitative estimate of drug-likeness (QED) is 0.628. The van der Waals surface area contributed by atoms with E-state index in [-0.39, 0.29) is 36.4 Å². The van der Waals surface area contributed by atoms with Gasteiger partial charge in [-0.05, 0) is 42.8 Å². The van der Waals surface area contributed by atoms with Crippen LogP contribution in [0.1, 0.15) is 39.0 Å². The van der Waals surface area contributed by atoms with Crippen molar-refractivity contribution in [3.8, 4) is 5.75 Å². The molecule has 0 aliphatic rings. The number of halogens is 1. The minimum atomic E-state index is -0.375. The normalized spacial score (nSPS) is 10.4. The third-order valence-corrected chi connectivity index (χ3v) is 3.84. The maximum absolute atomic E-state index is 13.1. The van der Waals surface area contributed by atoms with Crippen LogP contribution in [-0.2, 0) is 13.2 Å². The second-order valence-corrected chi connectivity index (χ2v) is 5.96. The van der Waals surface area contributed by atoms with Crippen molar-refractivity contribution in [3.05, 3.63) is 82.9 Å². The van der Waals surface area contributed by atoms with E-state index < -0.39 is 0 Å². The van der Waals surface area contributed by atoms with Gasteiger partial charge in [0.05, 0.1) is 5.69 Å². The molecule has 27 heavy (non-hydrogen) atoms. The zero-order valence-corrected chi connectivity index (χ0v) is 14.7. The number of rotatable bonds is 7. The van der Waals surface area contributed by atoms with Gasteiger partial charge in [-0.25, -0.2) is 4.39 Å². The number of hydrogen-bond donors (Lipinski definition) is 2. The highest BCUT2D eigenvalue weighted by atomic mass is 19.1. The van der Waals surface area contributed by atoms with Gasteiger partial charge in [-0.15, -0.1) is 0 Å². The largest absolute Gasteiger partial charge is 0.487 e. The van der Waals surface area contributed by atoms with E-state index in [2.05, 4.69) is 15.5 Å². The third kappa shape index (κ3) is 5.01. The molecular formula is C20H18FN3O3. The lowest BCUT2D eigenvalue weighted by molar-refractivity contribution is 0.0945. The van der Waals surface area contributed by atoms with Crippen LogP contribution in [-0.4, -0.2) is 21.9 Å². The van der Waals surface area contributed by atoms with Crippen molar-refractivity contribution >= 4 is 11.7 Å². The number of nitrogens with zero attached hydrogens (tertiary/aromatic N) is 1. The van der Waals surface area contributed by atoms with Crippen molar-refractivity contribution in [1.29, 1.82) is 0 Å². The number of ketones is 1. The predicted molar refractivity (Wildman–Crippen MR) is 96.9 cm³/mol. The lowest BCUT2D eigenvalue weighted by atomic mass is 10.1. The summed E-state index contributed by atoms with van der Waals surface area (Å²) in [6.45, 7) is 1.86. The molecular weight excluding hydrogens is 349 g/mol. The zero-order chi connectivity index (χ0) is 19.2. The van der Waals surface area contributed by atoms with Gasteiger partial charge < -0.3 is 10.1 Å². The van der Waals surface area contributed by atoms with E-state index in [1.54, 1.807) is 42.5 Å². The van der Waals surface area contributed by atoms with Crippen LogP contribution >= 0.6 is 0 Å². The standard InChI is InChI=1S/C20H18FN3O3/c1-13(25)15-5-3-7-18(9-15)27-12-17-10-19(24-23-17)20(26)22-11-14-4-2-6-16(21)8-14/h2-10H,11-12H2,1H3,(H,22,26)(H,23,24). The topological polar surface area (TPSA) is 84.1 Å². The molecule has 0 fully saturated rings. The molecule has 138 valence electrons.